The normalized spacial score (nSPS) is 16.2. The zero-order valence-corrected chi connectivity index (χ0v) is 20.8. The minimum Gasteiger partial charge on any atom is -0.497 e. The largest absolute Gasteiger partial charge is 0.497 e. The summed E-state index contributed by atoms with van der Waals surface area (Å²) in [6.07, 6.45) is 2.47. The van der Waals surface area contributed by atoms with E-state index in [2.05, 4.69) is 10.3 Å². The molecule has 2 aromatic carbocycles. The third kappa shape index (κ3) is 5.03. The fourth-order valence-corrected chi connectivity index (χ4v) is 4.85. The number of hydrogen-bond acceptors (Lipinski definition) is 6. The molecule has 8 nitrogen and oxygen atoms in total. The maximum Gasteiger partial charge on any atom is 0.446 e. The van der Waals surface area contributed by atoms with Gasteiger partial charge in [0.25, 0.3) is 11.8 Å². The number of anilines is 2. The second kappa shape index (κ2) is 9.67. The number of pyridine rings is 1. The van der Waals surface area contributed by atoms with Crippen molar-refractivity contribution in [3.05, 3.63) is 78.0 Å². The number of benzene rings is 2. The maximum absolute atomic E-state index is 13.3. The predicted molar refractivity (Wildman–Crippen MR) is 134 cm³/mol. The van der Waals surface area contributed by atoms with Crippen molar-refractivity contribution in [1.82, 2.24) is 9.88 Å². The Hall–Kier alpha value is -4.06. The molecule has 0 unspecified atom stereocenters. The molecule has 1 saturated heterocycles. The number of ether oxygens (including phenoxy) is 1. The van der Waals surface area contributed by atoms with E-state index in [-0.39, 0.29) is 40.6 Å². The first-order valence-electron chi connectivity index (χ1n) is 11.5. The number of nitrogens with zero attached hydrogens (tertiary/aromatic N) is 3. The third-order valence-electron chi connectivity index (χ3n) is 6.35. The van der Waals surface area contributed by atoms with E-state index in [9.17, 15) is 27.6 Å². The molecule has 2 fully saturated rings. The van der Waals surface area contributed by atoms with Gasteiger partial charge in [0.2, 0.25) is 0 Å². The molecule has 196 valence electrons. The van der Waals surface area contributed by atoms with E-state index in [1.165, 1.54) is 42.5 Å². The van der Waals surface area contributed by atoms with Crippen molar-refractivity contribution >= 4 is 41.1 Å². The first-order valence-corrected chi connectivity index (χ1v) is 12.3. The van der Waals surface area contributed by atoms with Gasteiger partial charge in [-0.15, -0.1) is 0 Å². The van der Waals surface area contributed by atoms with Gasteiger partial charge >= 0.3 is 11.5 Å². The molecule has 1 N–H and O–H groups in total. The van der Waals surface area contributed by atoms with Crippen molar-refractivity contribution in [1.29, 1.82) is 0 Å². The summed E-state index contributed by atoms with van der Waals surface area (Å²) in [4.78, 5) is 45.8. The third-order valence-corrected chi connectivity index (χ3v) is 7.09. The Kier molecular flexibility index (Phi) is 6.51. The SMILES string of the molecule is COc1ccc(C(=O)Nc2cc(CN3C(=O)N(c4ccc(SC(F)(F)F)cc4)C(=O)C34CC4)ccn2)cc1. The topological polar surface area (TPSA) is 91.8 Å². The van der Waals surface area contributed by atoms with Crippen LogP contribution in [0.1, 0.15) is 28.8 Å². The van der Waals surface area contributed by atoms with Crippen LogP contribution in [0, 0.1) is 0 Å². The molecule has 2 heterocycles. The van der Waals surface area contributed by atoms with Gasteiger partial charge in [-0.1, -0.05) is 0 Å². The van der Waals surface area contributed by atoms with Gasteiger partial charge in [0, 0.05) is 23.2 Å². The second-order valence-corrected chi connectivity index (χ2v) is 9.95. The van der Waals surface area contributed by atoms with E-state index in [4.69, 9.17) is 4.74 Å². The Labute approximate surface area is 219 Å². The van der Waals surface area contributed by atoms with Gasteiger partial charge in [-0.05, 0) is 90.8 Å². The zero-order valence-electron chi connectivity index (χ0n) is 20.0. The van der Waals surface area contributed by atoms with Gasteiger partial charge in [0.1, 0.15) is 17.1 Å². The van der Waals surface area contributed by atoms with Crippen molar-refractivity contribution < 1.29 is 32.3 Å². The van der Waals surface area contributed by atoms with Gasteiger partial charge in [0.15, 0.2) is 0 Å². The molecule has 12 heteroatoms. The van der Waals surface area contributed by atoms with E-state index in [0.717, 1.165) is 4.90 Å². The minimum absolute atomic E-state index is 0.0423. The molecule has 1 saturated carbocycles. The highest BCUT2D eigenvalue weighted by molar-refractivity contribution is 8.00. The molecule has 0 atom stereocenters. The molecule has 5 rings (SSSR count). The minimum atomic E-state index is -4.44. The van der Waals surface area contributed by atoms with E-state index >= 15 is 0 Å². The number of carbonyl (C=O) groups is 3. The molecule has 1 aliphatic heterocycles. The monoisotopic (exact) mass is 542 g/mol. The van der Waals surface area contributed by atoms with E-state index in [0.29, 0.717) is 29.7 Å². The van der Waals surface area contributed by atoms with E-state index < -0.39 is 23.0 Å². The Balaban J connectivity index is 1.31. The first-order chi connectivity index (χ1) is 18.1. The standard InChI is InChI=1S/C26H21F3N4O4S/c1-37-19-6-2-17(3-7-19)22(34)31-21-14-16(10-13-30-21)15-32-24(36)33(23(35)25(32)11-12-25)18-4-8-20(9-5-18)38-26(27,28)29/h2-10,13-14H,11-12,15H2,1H3,(H,30,31,34). The lowest BCUT2D eigenvalue weighted by Crippen LogP contribution is -2.36. The van der Waals surface area contributed by atoms with Crippen LogP contribution in [0.2, 0.25) is 0 Å². The fraction of sp³-hybridized carbons (Fsp3) is 0.231. The molecule has 3 aromatic rings. The van der Waals surface area contributed by atoms with Crippen molar-refractivity contribution in [3.63, 3.8) is 0 Å². The zero-order chi connectivity index (χ0) is 27.1. The number of amides is 4. The number of imide groups is 1. The molecular weight excluding hydrogens is 521 g/mol. The summed E-state index contributed by atoms with van der Waals surface area (Å²) in [5.74, 6) is 0.119. The van der Waals surface area contributed by atoms with Gasteiger partial charge < -0.3 is 15.0 Å². The number of urea groups is 1. The Bertz CT molecular complexity index is 1390. The van der Waals surface area contributed by atoms with Gasteiger partial charge in [-0.25, -0.2) is 14.7 Å². The lowest BCUT2D eigenvalue weighted by Gasteiger charge is -2.21. The molecule has 4 amide bonds. The highest BCUT2D eigenvalue weighted by atomic mass is 32.2. The molecule has 1 aliphatic carbocycles. The van der Waals surface area contributed by atoms with Crippen molar-refractivity contribution in [2.45, 2.75) is 35.3 Å². The second-order valence-electron chi connectivity index (χ2n) is 8.81. The summed E-state index contributed by atoms with van der Waals surface area (Å²) < 4.78 is 43.1. The molecule has 0 bridgehead atoms. The summed E-state index contributed by atoms with van der Waals surface area (Å²) in [5, 5.41) is 2.72. The quantitative estimate of drug-likeness (QED) is 0.315. The number of halogens is 3. The van der Waals surface area contributed by atoms with E-state index in [1.54, 1.807) is 36.4 Å². The lowest BCUT2D eigenvalue weighted by atomic mass is 10.1. The number of aromatic nitrogens is 1. The Morgan fingerprint density at radius 2 is 1.76 bits per heavy atom. The van der Waals surface area contributed by atoms with E-state index in [1.807, 2.05) is 0 Å². The van der Waals surface area contributed by atoms with Crippen LogP contribution in [0.4, 0.5) is 29.5 Å². The summed E-state index contributed by atoms with van der Waals surface area (Å²) >= 11 is -0.267. The smallest absolute Gasteiger partial charge is 0.446 e. The number of alkyl halides is 3. The molecule has 1 aromatic heterocycles. The molecule has 0 radical (unpaired) electrons. The summed E-state index contributed by atoms with van der Waals surface area (Å²) in [7, 11) is 1.53. The highest BCUT2D eigenvalue weighted by Gasteiger charge is 2.65. The number of thioether (sulfide) groups is 1. The number of carbonyl (C=O) groups excluding carboxylic acids is 3. The lowest BCUT2D eigenvalue weighted by molar-refractivity contribution is -0.120. The summed E-state index contributed by atoms with van der Waals surface area (Å²) in [5.41, 5.74) is -4.15. The predicted octanol–water partition coefficient (Wildman–Crippen LogP) is 5.46. The van der Waals surface area contributed by atoms with Crippen LogP contribution in [0.5, 0.6) is 5.75 Å². The van der Waals surface area contributed by atoms with Crippen molar-refractivity contribution in [3.8, 4) is 5.75 Å². The molecular formula is C26H21F3N4O4S. The van der Waals surface area contributed by atoms with Crippen LogP contribution in [-0.2, 0) is 11.3 Å². The first kappa shape index (κ1) is 25.6. The number of rotatable bonds is 7. The molecule has 38 heavy (non-hydrogen) atoms. The number of hydrogen-bond donors (Lipinski definition) is 1. The van der Waals surface area contributed by atoms with Crippen molar-refractivity contribution in [2.75, 3.05) is 17.3 Å². The van der Waals surface area contributed by atoms with Gasteiger partial charge in [-0.2, -0.15) is 13.2 Å². The van der Waals surface area contributed by atoms with Crippen LogP contribution in [0.25, 0.3) is 0 Å². The van der Waals surface area contributed by atoms with Gasteiger partial charge in [-0.3, -0.25) is 9.59 Å². The van der Waals surface area contributed by atoms with Crippen LogP contribution >= 0.6 is 11.8 Å². The average molecular weight is 543 g/mol. The van der Waals surface area contributed by atoms with Crippen LogP contribution in [0.3, 0.4) is 0 Å². The van der Waals surface area contributed by atoms with Gasteiger partial charge in [0.05, 0.1) is 12.8 Å². The maximum atomic E-state index is 13.3. The summed E-state index contributed by atoms with van der Waals surface area (Å²) in [6.45, 7) is 0.0943. The Morgan fingerprint density at radius 3 is 2.37 bits per heavy atom. The van der Waals surface area contributed by atoms with Crippen LogP contribution in [-0.4, -0.2) is 45.9 Å². The number of nitrogens with one attached hydrogen (secondary N) is 1. The number of methoxy groups -OCH3 is 1. The van der Waals surface area contributed by atoms with Crippen LogP contribution in [0.15, 0.2) is 71.8 Å². The van der Waals surface area contributed by atoms with Crippen molar-refractivity contribution in [2.24, 2.45) is 0 Å². The van der Waals surface area contributed by atoms with Crippen LogP contribution < -0.4 is 15.0 Å². The molecule has 1 spiro atoms. The molecule has 2 aliphatic rings. The average Bonchev–Trinajstić information content (AvgIpc) is 3.66. The highest BCUT2D eigenvalue weighted by Crippen LogP contribution is 2.50. The fourth-order valence-electron chi connectivity index (χ4n) is 4.31. The summed E-state index contributed by atoms with van der Waals surface area (Å²) in [6, 6.07) is 14.5. The Morgan fingerprint density at radius 1 is 1.08 bits per heavy atom.